The smallest absolute Gasteiger partial charge is 0.358 e. The summed E-state index contributed by atoms with van der Waals surface area (Å²) in [5, 5.41) is 10.0. The second-order valence-electron chi connectivity index (χ2n) is 1.76. The van der Waals surface area contributed by atoms with Crippen molar-refractivity contribution in [2.45, 2.75) is 6.92 Å². The molecule has 0 aliphatic heterocycles. The van der Waals surface area contributed by atoms with Gasteiger partial charge in [0.1, 0.15) is 6.72 Å². The average molecular weight is 140 g/mol. The third-order valence-corrected chi connectivity index (χ3v) is 0.725. The van der Waals surface area contributed by atoms with E-state index in [2.05, 4.69) is 18.3 Å². The van der Waals surface area contributed by atoms with Gasteiger partial charge in [0.05, 0.1) is 0 Å². The minimum atomic E-state index is -0.609. The van der Waals surface area contributed by atoms with E-state index in [4.69, 9.17) is 0 Å². The molecular formula is C6H8N2O2. The molecule has 0 bridgehead atoms. The molecule has 0 amide bonds. The van der Waals surface area contributed by atoms with Gasteiger partial charge in [-0.05, 0) is 17.4 Å². The van der Waals surface area contributed by atoms with Crippen molar-refractivity contribution in [1.29, 1.82) is 0 Å². The summed E-state index contributed by atoms with van der Waals surface area (Å²) in [6.45, 7) is 8.14. The van der Waals surface area contributed by atoms with Gasteiger partial charge in [0.2, 0.25) is 0 Å². The normalized spacial score (nSPS) is 10.7. The maximum atomic E-state index is 10.0. The number of nitro groups is 1. The fourth-order valence-electron chi connectivity index (χ4n) is 0.376. The summed E-state index contributed by atoms with van der Waals surface area (Å²) < 4.78 is 0. The molecule has 0 saturated carbocycles. The van der Waals surface area contributed by atoms with Crippen molar-refractivity contribution in [1.82, 2.24) is 0 Å². The minimum Gasteiger partial charge on any atom is -0.358 e. The predicted octanol–water partition coefficient (Wildman–Crippen LogP) is 1.38. The van der Waals surface area contributed by atoms with Crippen LogP contribution in [-0.2, 0) is 0 Å². The molecule has 0 aromatic rings. The minimum absolute atomic E-state index is 0.271. The molecule has 0 heterocycles. The van der Waals surface area contributed by atoms with Gasteiger partial charge in [0.25, 0.3) is 0 Å². The monoisotopic (exact) mass is 140 g/mol. The maximum absolute atomic E-state index is 10.0. The second kappa shape index (κ2) is 3.55. The lowest BCUT2D eigenvalue weighted by Crippen LogP contribution is -1.94. The van der Waals surface area contributed by atoms with Crippen LogP contribution in [0, 0.1) is 10.1 Å². The molecule has 4 heteroatoms. The third kappa shape index (κ3) is 2.76. The van der Waals surface area contributed by atoms with Gasteiger partial charge in [-0.1, -0.05) is 11.6 Å². The van der Waals surface area contributed by atoms with E-state index < -0.39 is 4.92 Å². The van der Waals surface area contributed by atoms with Crippen LogP contribution in [0.1, 0.15) is 6.92 Å². The first-order valence-electron chi connectivity index (χ1n) is 2.56. The molecule has 0 fully saturated rings. The summed E-state index contributed by atoms with van der Waals surface area (Å²) in [5.41, 5.74) is 0.583. The Hall–Kier alpha value is -1.45. The number of hydrogen-bond acceptors (Lipinski definition) is 3. The van der Waals surface area contributed by atoms with Crippen LogP contribution in [0.2, 0.25) is 0 Å². The van der Waals surface area contributed by atoms with Crippen molar-refractivity contribution < 1.29 is 4.92 Å². The zero-order valence-electron chi connectivity index (χ0n) is 5.70. The molecule has 0 spiro atoms. The Balaban J connectivity index is 4.49. The van der Waals surface area contributed by atoms with Crippen LogP contribution < -0.4 is 0 Å². The molecule has 0 rings (SSSR count). The number of nitrogens with zero attached hydrogens (tertiary/aromatic N) is 2. The molecule has 54 valence electrons. The van der Waals surface area contributed by atoms with E-state index in [0.717, 1.165) is 0 Å². The molecule has 0 aromatic carbocycles. The van der Waals surface area contributed by atoms with Gasteiger partial charge in [-0.3, -0.25) is 0 Å². The number of hydrogen-bond donors (Lipinski definition) is 0. The molecule has 0 aromatic heterocycles. The van der Waals surface area contributed by atoms with Crippen LogP contribution in [0.5, 0.6) is 0 Å². The summed E-state index contributed by atoms with van der Waals surface area (Å²) in [4.78, 5) is 12.6. The van der Waals surface area contributed by atoms with Gasteiger partial charge < -0.3 is 10.1 Å². The molecule has 0 aliphatic rings. The van der Waals surface area contributed by atoms with E-state index in [1.54, 1.807) is 6.92 Å². The number of allylic oxidation sites excluding steroid dienone is 2. The molecule has 4 nitrogen and oxygen atoms in total. The summed E-state index contributed by atoms with van der Waals surface area (Å²) in [6.07, 6.45) is 1.26. The largest absolute Gasteiger partial charge is 0.363 e. The summed E-state index contributed by atoms with van der Waals surface area (Å²) in [5.74, 6) is -0.271. The molecule has 0 atom stereocenters. The Labute approximate surface area is 58.7 Å². The van der Waals surface area contributed by atoms with E-state index >= 15 is 0 Å². The Kier molecular flexibility index (Phi) is 3.04. The van der Waals surface area contributed by atoms with Crippen LogP contribution in [0.4, 0.5) is 0 Å². The van der Waals surface area contributed by atoms with Gasteiger partial charge >= 0.3 is 5.82 Å². The number of aliphatic imine (C=N–C) groups is 1. The Morgan fingerprint density at radius 1 is 1.80 bits per heavy atom. The summed E-state index contributed by atoms with van der Waals surface area (Å²) in [6, 6.07) is 0. The molecule has 0 aliphatic carbocycles. The van der Waals surface area contributed by atoms with Gasteiger partial charge in [0.15, 0.2) is 0 Å². The van der Waals surface area contributed by atoms with E-state index in [9.17, 15) is 10.1 Å². The Bertz CT molecular complexity index is 206. The van der Waals surface area contributed by atoms with Gasteiger partial charge in [0, 0.05) is 6.08 Å². The second-order valence-corrected chi connectivity index (χ2v) is 1.76. The summed E-state index contributed by atoms with van der Waals surface area (Å²) >= 11 is 0. The molecule has 10 heavy (non-hydrogen) atoms. The van der Waals surface area contributed by atoms with Crippen LogP contribution >= 0.6 is 0 Å². The highest BCUT2D eigenvalue weighted by molar-refractivity contribution is 5.28. The van der Waals surface area contributed by atoms with Crippen molar-refractivity contribution in [2.75, 3.05) is 0 Å². The fourth-order valence-corrected chi connectivity index (χ4v) is 0.376. The van der Waals surface area contributed by atoms with Crippen molar-refractivity contribution in [3.05, 3.63) is 34.2 Å². The van der Waals surface area contributed by atoms with Crippen molar-refractivity contribution in [3.8, 4) is 0 Å². The Morgan fingerprint density at radius 3 is 2.40 bits per heavy atom. The lowest BCUT2D eigenvalue weighted by Gasteiger charge is -1.90. The van der Waals surface area contributed by atoms with Gasteiger partial charge in [-0.25, -0.2) is 0 Å². The summed E-state index contributed by atoms with van der Waals surface area (Å²) in [7, 11) is 0. The lowest BCUT2D eigenvalue weighted by atomic mass is 10.3. The van der Waals surface area contributed by atoms with Crippen LogP contribution in [0.25, 0.3) is 0 Å². The van der Waals surface area contributed by atoms with Crippen molar-refractivity contribution in [3.63, 3.8) is 0 Å². The third-order valence-electron chi connectivity index (χ3n) is 0.725. The van der Waals surface area contributed by atoms with E-state index in [0.29, 0.717) is 5.57 Å². The van der Waals surface area contributed by atoms with Crippen molar-refractivity contribution >= 4 is 6.72 Å². The predicted molar refractivity (Wildman–Crippen MR) is 39.4 cm³/mol. The Morgan fingerprint density at radius 2 is 2.30 bits per heavy atom. The molecule has 0 radical (unpaired) electrons. The van der Waals surface area contributed by atoms with Crippen LogP contribution in [0.15, 0.2) is 29.0 Å². The van der Waals surface area contributed by atoms with Crippen LogP contribution in [-0.4, -0.2) is 11.6 Å². The zero-order chi connectivity index (χ0) is 8.15. The molecule has 0 saturated heterocycles. The first-order chi connectivity index (χ1) is 4.57. The van der Waals surface area contributed by atoms with Crippen LogP contribution in [0.3, 0.4) is 0 Å². The molecule has 0 unspecified atom stereocenters. The number of rotatable bonds is 3. The molecule has 0 N–H and O–H groups in total. The highest BCUT2D eigenvalue weighted by Gasteiger charge is 2.03. The maximum Gasteiger partial charge on any atom is 0.363 e. The van der Waals surface area contributed by atoms with Gasteiger partial charge in [-0.15, -0.1) is 0 Å². The topological polar surface area (TPSA) is 55.5 Å². The van der Waals surface area contributed by atoms with Crippen molar-refractivity contribution in [2.24, 2.45) is 4.99 Å². The first kappa shape index (κ1) is 8.55. The standard InChI is InChI=1S/C6H8N2O2/c1-5(2)4-6(7-3)8(9)10/h4H,1,3H2,2H3/b6-4+. The van der Waals surface area contributed by atoms with E-state index in [1.165, 1.54) is 6.08 Å². The highest BCUT2D eigenvalue weighted by Crippen LogP contribution is 2.00. The average Bonchev–Trinajstić information content (AvgIpc) is 1.81. The van der Waals surface area contributed by atoms with E-state index in [-0.39, 0.29) is 5.82 Å². The fraction of sp³-hybridized carbons (Fsp3) is 0.167. The zero-order valence-corrected chi connectivity index (χ0v) is 5.70. The molecular weight excluding hydrogens is 132 g/mol. The van der Waals surface area contributed by atoms with E-state index in [1.807, 2.05) is 0 Å². The lowest BCUT2D eigenvalue weighted by molar-refractivity contribution is -0.425. The first-order valence-corrected chi connectivity index (χ1v) is 2.56. The van der Waals surface area contributed by atoms with Gasteiger partial charge in [-0.2, -0.15) is 0 Å². The highest BCUT2D eigenvalue weighted by atomic mass is 16.6. The SMILES string of the molecule is C=N/C(=C\C(=C)C)[N+](=O)[O-]. The quantitative estimate of drug-likeness (QED) is 0.257.